The van der Waals surface area contributed by atoms with E-state index in [0.29, 0.717) is 5.06 Å². The van der Waals surface area contributed by atoms with Crippen molar-refractivity contribution in [2.75, 3.05) is 21.2 Å². The molecule has 0 aliphatic carbocycles. The summed E-state index contributed by atoms with van der Waals surface area (Å²) in [5.41, 5.74) is -0.0258. The molecule has 0 saturated heterocycles. The van der Waals surface area contributed by atoms with Crippen LogP contribution in [0.5, 0.6) is 0 Å². The van der Waals surface area contributed by atoms with E-state index >= 15 is 0 Å². The summed E-state index contributed by atoms with van der Waals surface area (Å²) in [6, 6.07) is 4.23. The molecule has 0 radical (unpaired) electrons. The van der Waals surface area contributed by atoms with Gasteiger partial charge >= 0.3 is 6.03 Å². The number of carbonyl (C=O) groups is 2. The second-order valence-electron chi connectivity index (χ2n) is 3.76. The van der Waals surface area contributed by atoms with E-state index in [1.165, 1.54) is 50.4 Å². The van der Waals surface area contributed by atoms with Crippen LogP contribution in [0.15, 0.2) is 24.3 Å². The summed E-state index contributed by atoms with van der Waals surface area (Å²) in [6.45, 7) is 0. The molecule has 0 unspecified atom stereocenters. The summed E-state index contributed by atoms with van der Waals surface area (Å²) < 4.78 is 0. The Balaban J connectivity index is 2.98. The van der Waals surface area contributed by atoms with E-state index in [9.17, 15) is 19.7 Å². The summed E-state index contributed by atoms with van der Waals surface area (Å²) in [6.07, 6.45) is 0. The minimum absolute atomic E-state index is 0.114. The first-order valence-corrected chi connectivity index (χ1v) is 5.22. The fourth-order valence-electron chi connectivity index (χ4n) is 1.27. The zero-order valence-electron chi connectivity index (χ0n) is 10.7. The van der Waals surface area contributed by atoms with E-state index in [0.717, 1.165) is 0 Å². The van der Waals surface area contributed by atoms with Crippen molar-refractivity contribution in [2.45, 2.75) is 0 Å². The lowest BCUT2D eigenvalue weighted by molar-refractivity contribution is -0.384. The Hall–Kier alpha value is -2.48. The fraction of sp³-hybridized carbons (Fsp3) is 0.273. The summed E-state index contributed by atoms with van der Waals surface area (Å²) in [5.74, 6) is -0.698. The topological polar surface area (TPSA) is 93.0 Å². The van der Waals surface area contributed by atoms with Gasteiger partial charge in [0.25, 0.3) is 11.6 Å². The highest BCUT2D eigenvalue weighted by Gasteiger charge is 2.25. The largest absolute Gasteiger partial charge is 0.351 e. The maximum Gasteiger partial charge on any atom is 0.351 e. The van der Waals surface area contributed by atoms with E-state index in [2.05, 4.69) is 0 Å². The van der Waals surface area contributed by atoms with Gasteiger partial charge in [0.15, 0.2) is 0 Å². The molecule has 0 saturated carbocycles. The lowest BCUT2D eigenvalue weighted by Gasteiger charge is -2.21. The number of nitro benzene ring substituents is 1. The number of amides is 3. The zero-order chi connectivity index (χ0) is 14.6. The quantitative estimate of drug-likeness (QED) is 0.607. The third kappa shape index (κ3) is 3.26. The Labute approximate surface area is 109 Å². The average molecular weight is 267 g/mol. The first-order chi connectivity index (χ1) is 8.88. The van der Waals surface area contributed by atoms with Crippen molar-refractivity contribution in [3.05, 3.63) is 39.9 Å². The van der Waals surface area contributed by atoms with Crippen LogP contribution in [0.4, 0.5) is 10.5 Å². The van der Waals surface area contributed by atoms with Gasteiger partial charge in [-0.2, -0.15) is 0 Å². The Morgan fingerprint density at radius 2 is 1.74 bits per heavy atom. The molecule has 8 nitrogen and oxygen atoms in total. The molecule has 0 spiro atoms. The highest BCUT2D eigenvalue weighted by molar-refractivity contribution is 6.03. The number of urea groups is 1. The van der Waals surface area contributed by atoms with Crippen LogP contribution in [-0.2, 0) is 4.84 Å². The Morgan fingerprint density at radius 1 is 1.21 bits per heavy atom. The smallest absolute Gasteiger partial charge is 0.329 e. The molecule has 0 N–H and O–H groups in total. The number of carbonyl (C=O) groups excluding carboxylic acids is 2. The minimum atomic E-state index is -0.698. The third-order valence-electron chi connectivity index (χ3n) is 2.25. The summed E-state index contributed by atoms with van der Waals surface area (Å²) in [4.78, 5) is 39.5. The van der Waals surface area contributed by atoms with Crippen LogP contribution in [0, 0.1) is 10.1 Å². The van der Waals surface area contributed by atoms with Crippen molar-refractivity contribution in [3.8, 4) is 0 Å². The number of hydrogen-bond acceptors (Lipinski definition) is 5. The molecular weight excluding hydrogens is 254 g/mol. The molecule has 19 heavy (non-hydrogen) atoms. The molecule has 0 aromatic heterocycles. The molecular formula is C11H13N3O5. The van der Waals surface area contributed by atoms with Crippen LogP contribution in [0.1, 0.15) is 10.4 Å². The molecule has 0 atom stereocenters. The van der Waals surface area contributed by atoms with Crippen LogP contribution >= 0.6 is 0 Å². The highest BCUT2D eigenvalue weighted by atomic mass is 16.7. The molecule has 1 aromatic carbocycles. The molecule has 0 aliphatic rings. The molecule has 102 valence electrons. The Bertz CT molecular complexity index is 498. The van der Waals surface area contributed by atoms with Crippen molar-refractivity contribution in [1.82, 2.24) is 9.96 Å². The minimum Gasteiger partial charge on any atom is -0.329 e. The highest BCUT2D eigenvalue weighted by Crippen LogP contribution is 2.14. The van der Waals surface area contributed by atoms with Crippen LogP contribution in [0.3, 0.4) is 0 Å². The van der Waals surface area contributed by atoms with Crippen molar-refractivity contribution in [2.24, 2.45) is 0 Å². The number of nitrogens with zero attached hydrogens (tertiary/aromatic N) is 3. The van der Waals surface area contributed by atoms with Crippen molar-refractivity contribution >= 4 is 17.6 Å². The molecule has 8 heteroatoms. The maximum absolute atomic E-state index is 12.0. The maximum atomic E-state index is 12.0. The summed E-state index contributed by atoms with van der Waals surface area (Å²) >= 11 is 0. The predicted octanol–water partition coefficient (Wildman–Crippen LogP) is 1.28. The SMILES string of the molecule is CON(C(=O)c1ccc([N+](=O)[O-])cc1)C(=O)N(C)C. The molecule has 1 rings (SSSR count). The van der Waals surface area contributed by atoms with Gasteiger partial charge in [0.2, 0.25) is 0 Å². The number of rotatable bonds is 3. The van der Waals surface area contributed by atoms with Crippen LogP contribution < -0.4 is 0 Å². The molecule has 1 aromatic rings. The van der Waals surface area contributed by atoms with Gasteiger partial charge in [-0.25, -0.2) is 4.79 Å². The molecule has 3 amide bonds. The lowest BCUT2D eigenvalue weighted by atomic mass is 10.2. The first kappa shape index (κ1) is 14.6. The summed E-state index contributed by atoms with van der Waals surface area (Å²) in [5, 5.41) is 11.1. The van der Waals surface area contributed by atoms with Gasteiger partial charge < -0.3 is 4.90 Å². The predicted molar refractivity (Wildman–Crippen MR) is 65.4 cm³/mol. The lowest BCUT2D eigenvalue weighted by Crippen LogP contribution is -2.42. The Morgan fingerprint density at radius 3 is 2.11 bits per heavy atom. The molecule has 0 heterocycles. The van der Waals surface area contributed by atoms with E-state index in [-0.39, 0.29) is 11.3 Å². The van der Waals surface area contributed by atoms with Crippen molar-refractivity contribution in [1.29, 1.82) is 0 Å². The number of hydrogen-bond donors (Lipinski definition) is 0. The van der Waals surface area contributed by atoms with Gasteiger partial charge in [-0.1, -0.05) is 0 Å². The average Bonchev–Trinajstić information content (AvgIpc) is 2.39. The normalized spacial score (nSPS) is 9.84. The zero-order valence-corrected chi connectivity index (χ0v) is 10.7. The molecule has 0 fully saturated rings. The number of benzene rings is 1. The second kappa shape index (κ2) is 5.91. The first-order valence-electron chi connectivity index (χ1n) is 5.22. The van der Waals surface area contributed by atoms with Gasteiger partial charge in [0, 0.05) is 31.8 Å². The number of hydroxylamine groups is 2. The van der Waals surface area contributed by atoms with Gasteiger partial charge in [-0.3, -0.25) is 19.7 Å². The van der Waals surface area contributed by atoms with Crippen LogP contribution in [-0.4, -0.2) is 48.0 Å². The fourth-order valence-corrected chi connectivity index (χ4v) is 1.27. The Kier molecular flexibility index (Phi) is 4.54. The van der Waals surface area contributed by atoms with E-state index in [1.807, 2.05) is 0 Å². The number of nitro groups is 1. The van der Waals surface area contributed by atoms with Crippen molar-refractivity contribution in [3.63, 3.8) is 0 Å². The summed E-state index contributed by atoms with van der Waals surface area (Å²) in [7, 11) is 4.12. The molecule has 0 bridgehead atoms. The van der Waals surface area contributed by atoms with Gasteiger partial charge in [0.1, 0.15) is 0 Å². The van der Waals surface area contributed by atoms with Gasteiger partial charge in [0.05, 0.1) is 12.0 Å². The van der Waals surface area contributed by atoms with Crippen molar-refractivity contribution < 1.29 is 19.3 Å². The monoisotopic (exact) mass is 267 g/mol. The van der Waals surface area contributed by atoms with Gasteiger partial charge in [-0.15, -0.1) is 5.06 Å². The molecule has 0 aliphatic heterocycles. The third-order valence-corrected chi connectivity index (χ3v) is 2.25. The van der Waals surface area contributed by atoms with E-state index < -0.39 is 16.9 Å². The van der Waals surface area contributed by atoms with Crippen LogP contribution in [0.25, 0.3) is 0 Å². The van der Waals surface area contributed by atoms with Gasteiger partial charge in [-0.05, 0) is 12.1 Å². The standard InChI is InChI=1S/C11H13N3O5/c1-12(2)11(16)13(19-3)10(15)8-4-6-9(7-5-8)14(17)18/h4-7H,1-3H3. The van der Waals surface area contributed by atoms with Crippen LogP contribution in [0.2, 0.25) is 0 Å². The van der Waals surface area contributed by atoms with E-state index in [4.69, 9.17) is 4.84 Å². The van der Waals surface area contributed by atoms with E-state index in [1.54, 1.807) is 0 Å². The number of imide groups is 1. The number of non-ortho nitro benzene ring substituents is 1. The second-order valence-corrected chi connectivity index (χ2v) is 3.76.